The van der Waals surface area contributed by atoms with Crippen molar-refractivity contribution >= 4 is 0 Å². The summed E-state index contributed by atoms with van der Waals surface area (Å²) in [7, 11) is 0. The van der Waals surface area contributed by atoms with E-state index >= 15 is 0 Å². The lowest BCUT2D eigenvalue weighted by Gasteiger charge is -2.29. The molecule has 1 aromatic rings. The lowest BCUT2D eigenvalue weighted by atomic mass is 9.76. The Hall–Kier alpha value is -1.04. The van der Waals surface area contributed by atoms with E-state index in [-0.39, 0.29) is 0 Å². The molecule has 0 bridgehead atoms. The van der Waals surface area contributed by atoms with E-state index in [1.165, 1.54) is 30.4 Å². The van der Waals surface area contributed by atoms with Gasteiger partial charge in [-0.2, -0.15) is 0 Å². The average molecular weight is 216 g/mol. The molecule has 0 nitrogen and oxygen atoms in total. The van der Waals surface area contributed by atoms with Crippen molar-refractivity contribution in [3.63, 3.8) is 0 Å². The summed E-state index contributed by atoms with van der Waals surface area (Å²) < 4.78 is 0. The van der Waals surface area contributed by atoms with Crippen molar-refractivity contribution in [2.75, 3.05) is 0 Å². The van der Waals surface area contributed by atoms with Crippen LogP contribution >= 0.6 is 0 Å². The second kappa shape index (κ2) is 6.52. The molecule has 1 saturated carbocycles. The van der Waals surface area contributed by atoms with Crippen LogP contribution in [-0.4, -0.2) is 0 Å². The fourth-order valence-corrected chi connectivity index (χ4v) is 2.35. The van der Waals surface area contributed by atoms with Gasteiger partial charge in [0.05, 0.1) is 0 Å². The molecule has 0 amide bonds. The van der Waals surface area contributed by atoms with E-state index in [0.717, 1.165) is 5.92 Å². The van der Waals surface area contributed by atoms with Gasteiger partial charge in [-0.05, 0) is 30.7 Å². The van der Waals surface area contributed by atoms with Crippen molar-refractivity contribution in [2.24, 2.45) is 5.92 Å². The molecule has 0 radical (unpaired) electrons. The first-order valence-corrected chi connectivity index (χ1v) is 6.50. The molecule has 88 valence electrons. The lowest BCUT2D eigenvalue weighted by molar-refractivity contribution is 0.409. The van der Waals surface area contributed by atoms with Crippen molar-refractivity contribution in [2.45, 2.75) is 46.0 Å². The Morgan fingerprint density at radius 2 is 1.75 bits per heavy atom. The van der Waals surface area contributed by atoms with Crippen LogP contribution < -0.4 is 0 Å². The quantitative estimate of drug-likeness (QED) is 0.568. The Labute approximate surface area is 100 Å². The molecule has 0 saturated heterocycles. The summed E-state index contributed by atoms with van der Waals surface area (Å²) in [4.78, 5) is 0. The Balaban J connectivity index is 0.000000606. The second-order valence-electron chi connectivity index (χ2n) is 4.50. The van der Waals surface area contributed by atoms with E-state index < -0.39 is 0 Å². The smallest absolute Gasteiger partial charge is 0.00480 e. The Morgan fingerprint density at radius 1 is 1.12 bits per heavy atom. The molecule has 0 N–H and O–H groups in total. The van der Waals surface area contributed by atoms with E-state index in [2.05, 4.69) is 43.8 Å². The number of hydrogen-bond donors (Lipinski definition) is 0. The molecule has 2 unspecified atom stereocenters. The summed E-state index contributed by atoms with van der Waals surface area (Å²) in [6.07, 6.45) is 3.81. The highest BCUT2D eigenvalue weighted by molar-refractivity contribution is 5.28. The zero-order valence-electron chi connectivity index (χ0n) is 10.9. The molecule has 1 aliphatic rings. The van der Waals surface area contributed by atoms with Gasteiger partial charge in [-0.25, -0.2) is 0 Å². The van der Waals surface area contributed by atoms with Crippen molar-refractivity contribution in [1.82, 2.24) is 0 Å². The van der Waals surface area contributed by atoms with Crippen molar-refractivity contribution in [3.05, 3.63) is 48.0 Å². The predicted octanol–water partition coefficient (Wildman–Crippen LogP) is 5.17. The zero-order chi connectivity index (χ0) is 12.0. The van der Waals surface area contributed by atoms with Gasteiger partial charge in [-0.3, -0.25) is 0 Å². The molecule has 2 rings (SSSR count). The van der Waals surface area contributed by atoms with Crippen molar-refractivity contribution < 1.29 is 0 Å². The minimum absolute atomic E-state index is 0.611. The topological polar surface area (TPSA) is 0 Å². The first-order valence-electron chi connectivity index (χ1n) is 6.50. The average Bonchev–Trinajstić information content (AvgIpc) is 2.36. The van der Waals surface area contributed by atoms with Crippen LogP contribution in [0.1, 0.15) is 51.5 Å². The van der Waals surface area contributed by atoms with Crippen molar-refractivity contribution in [1.29, 1.82) is 0 Å². The van der Waals surface area contributed by atoms with E-state index in [4.69, 9.17) is 0 Å². The van der Waals surface area contributed by atoms with Crippen LogP contribution in [-0.2, 0) is 0 Å². The number of benzene rings is 1. The molecule has 0 heterocycles. The van der Waals surface area contributed by atoms with Crippen LogP contribution in [0.3, 0.4) is 0 Å². The van der Waals surface area contributed by atoms with Gasteiger partial charge in [0.25, 0.3) is 0 Å². The number of hydrogen-bond acceptors (Lipinski definition) is 0. The van der Waals surface area contributed by atoms with E-state index in [0.29, 0.717) is 5.92 Å². The van der Waals surface area contributed by atoms with E-state index in [1.807, 2.05) is 13.8 Å². The molecule has 0 aliphatic heterocycles. The van der Waals surface area contributed by atoms with Gasteiger partial charge in [0.2, 0.25) is 0 Å². The first kappa shape index (κ1) is 13.0. The third-order valence-electron chi connectivity index (χ3n) is 3.29. The first-order chi connectivity index (χ1) is 7.77. The van der Waals surface area contributed by atoms with Crippen LogP contribution in [0.5, 0.6) is 0 Å². The highest BCUT2D eigenvalue weighted by Gasteiger charge is 2.22. The second-order valence-corrected chi connectivity index (χ2v) is 4.50. The number of allylic oxidation sites excluding steroid dienone is 1. The van der Waals surface area contributed by atoms with Crippen LogP contribution in [0.15, 0.2) is 42.5 Å². The highest BCUT2D eigenvalue weighted by atomic mass is 14.3. The van der Waals surface area contributed by atoms with Gasteiger partial charge < -0.3 is 0 Å². The molecule has 1 fully saturated rings. The van der Waals surface area contributed by atoms with Gasteiger partial charge in [0, 0.05) is 5.92 Å². The fraction of sp³-hybridized carbons (Fsp3) is 0.500. The summed E-state index contributed by atoms with van der Waals surface area (Å²) in [5.41, 5.74) is 2.87. The molecule has 0 aromatic heterocycles. The molecule has 1 aliphatic carbocycles. The largest absolute Gasteiger partial charge is 0.0992 e. The lowest BCUT2D eigenvalue weighted by Crippen LogP contribution is -2.13. The predicted molar refractivity (Wildman–Crippen MR) is 72.7 cm³/mol. The maximum atomic E-state index is 4.21. The number of rotatable bonds is 1. The third-order valence-corrected chi connectivity index (χ3v) is 3.29. The highest BCUT2D eigenvalue weighted by Crippen LogP contribution is 2.38. The monoisotopic (exact) mass is 216 g/mol. The van der Waals surface area contributed by atoms with Crippen LogP contribution in [0, 0.1) is 5.92 Å². The van der Waals surface area contributed by atoms with Gasteiger partial charge in [-0.1, -0.05) is 63.3 Å². The Morgan fingerprint density at radius 3 is 2.38 bits per heavy atom. The SMILES string of the molecule is C=C1CCC(C)CC1c1ccccc1.CC. The molecular formula is C16H24. The Kier molecular flexibility index (Phi) is 5.31. The van der Waals surface area contributed by atoms with E-state index in [9.17, 15) is 0 Å². The van der Waals surface area contributed by atoms with Crippen LogP contribution in [0.2, 0.25) is 0 Å². The maximum absolute atomic E-state index is 4.21. The summed E-state index contributed by atoms with van der Waals surface area (Å²) in [5, 5.41) is 0. The maximum Gasteiger partial charge on any atom is 0.00480 e. The van der Waals surface area contributed by atoms with Gasteiger partial charge >= 0.3 is 0 Å². The molecule has 0 heteroatoms. The minimum atomic E-state index is 0.611. The van der Waals surface area contributed by atoms with Crippen LogP contribution in [0.25, 0.3) is 0 Å². The van der Waals surface area contributed by atoms with Gasteiger partial charge in [0.1, 0.15) is 0 Å². The normalized spacial score (nSPS) is 24.6. The molecule has 16 heavy (non-hydrogen) atoms. The summed E-state index contributed by atoms with van der Waals surface area (Å²) in [6, 6.07) is 10.8. The Bertz CT molecular complexity index is 310. The van der Waals surface area contributed by atoms with E-state index in [1.54, 1.807) is 0 Å². The molecule has 1 aromatic carbocycles. The zero-order valence-corrected chi connectivity index (χ0v) is 10.9. The minimum Gasteiger partial charge on any atom is -0.0992 e. The standard InChI is InChI=1S/C14H18.C2H6/c1-11-8-9-12(2)14(10-11)13-6-4-3-5-7-13;1-2/h3-7,11,14H,2,8-10H2,1H3;1-2H3. The van der Waals surface area contributed by atoms with Crippen molar-refractivity contribution in [3.8, 4) is 0 Å². The summed E-state index contributed by atoms with van der Waals surface area (Å²) >= 11 is 0. The third kappa shape index (κ3) is 3.23. The molecular weight excluding hydrogens is 192 g/mol. The molecule has 0 spiro atoms. The fourth-order valence-electron chi connectivity index (χ4n) is 2.35. The summed E-state index contributed by atoms with van der Waals surface area (Å²) in [6.45, 7) is 10.6. The summed E-state index contributed by atoms with van der Waals surface area (Å²) in [5.74, 6) is 1.46. The van der Waals surface area contributed by atoms with Crippen LogP contribution in [0.4, 0.5) is 0 Å². The van der Waals surface area contributed by atoms with Gasteiger partial charge in [-0.15, -0.1) is 0 Å². The van der Waals surface area contributed by atoms with Gasteiger partial charge in [0.15, 0.2) is 0 Å². The molecule has 2 atom stereocenters.